The largest absolute Gasteiger partial charge is 0.468 e. The maximum atomic E-state index is 13.5. The fourth-order valence-electron chi connectivity index (χ4n) is 4.33. The minimum absolute atomic E-state index is 0.130. The Balaban J connectivity index is 1.85. The molecule has 4 rings (SSSR count). The van der Waals surface area contributed by atoms with Crippen LogP contribution in [0.25, 0.3) is 0 Å². The second kappa shape index (κ2) is 7.74. The molecule has 5 nitrogen and oxygen atoms in total. The van der Waals surface area contributed by atoms with Gasteiger partial charge in [0.1, 0.15) is 5.92 Å². The standard InChI is InChI=1S/C24H26N2O3/c1-4-15-9-11-16(12-10-15)22-21-19(25-17-7-5-6-8-18(17)26-22)13-14(2)20(23(21)27)24(28)29-3/h5-12,14,20,22,25-26H,4,13H2,1-3H3/t14-,20+,22+/m1/s1. The Hall–Kier alpha value is -3.08. The summed E-state index contributed by atoms with van der Waals surface area (Å²) in [5.41, 5.74) is 5.61. The predicted octanol–water partition coefficient (Wildman–Crippen LogP) is 4.48. The quantitative estimate of drug-likeness (QED) is 0.597. The van der Waals surface area contributed by atoms with Crippen LogP contribution in [-0.4, -0.2) is 18.9 Å². The van der Waals surface area contributed by atoms with Crippen LogP contribution in [0.1, 0.15) is 37.4 Å². The number of fused-ring (bicyclic) bond motifs is 1. The van der Waals surface area contributed by atoms with Crippen LogP contribution in [-0.2, 0) is 20.7 Å². The van der Waals surface area contributed by atoms with Gasteiger partial charge in [0.25, 0.3) is 0 Å². The molecule has 3 atom stereocenters. The van der Waals surface area contributed by atoms with E-state index in [0.29, 0.717) is 12.0 Å². The zero-order valence-electron chi connectivity index (χ0n) is 17.0. The first kappa shape index (κ1) is 19.2. The van der Waals surface area contributed by atoms with Gasteiger partial charge in [-0.2, -0.15) is 0 Å². The molecule has 2 aliphatic rings. The summed E-state index contributed by atoms with van der Waals surface area (Å²) in [7, 11) is 1.34. The van der Waals surface area contributed by atoms with Crippen molar-refractivity contribution in [2.24, 2.45) is 11.8 Å². The van der Waals surface area contributed by atoms with E-state index in [4.69, 9.17) is 4.74 Å². The molecule has 1 heterocycles. The molecule has 0 bridgehead atoms. The number of ketones is 1. The van der Waals surface area contributed by atoms with E-state index in [1.807, 2.05) is 31.2 Å². The summed E-state index contributed by atoms with van der Waals surface area (Å²) in [6, 6.07) is 15.9. The molecule has 0 unspecified atom stereocenters. The average Bonchev–Trinajstić information content (AvgIpc) is 2.90. The van der Waals surface area contributed by atoms with Crippen molar-refractivity contribution >= 4 is 23.1 Å². The first-order valence-corrected chi connectivity index (χ1v) is 10.1. The van der Waals surface area contributed by atoms with E-state index >= 15 is 0 Å². The summed E-state index contributed by atoms with van der Waals surface area (Å²) < 4.78 is 4.95. The molecule has 0 saturated heterocycles. The number of benzene rings is 2. The molecule has 0 aromatic heterocycles. The lowest BCUT2D eigenvalue weighted by Gasteiger charge is -2.32. The molecule has 0 amide bonds. The number of aryl methyl sites for hydroxylation is 1. The number of para-hydroxylation sites is 2. The maximum absolute atomic E-state index is 13.5. The molecule has 0 radical (unpaired) electrons. The van der Waals surface area contributed by atoms with Crippen LogP contribution in [0, 0.1) is 11.8 Å². The van der Waals surface area contributed by atoms with E-state index in [1.165, 1.54) is 12.7 Å². The summed E-state index contributed by atoms with van der Waals surface area (Å²) >= 11 is 0. The number of esters is 1. The third-order valence-electron chi connectivity index (χ3n) is 5.95. The Morgan fingerprint density at radius 3 is 2.45 bits per heavy atom. The summed E-state index contributed by atoms with van der Waals surface area (Å²) in [5, 5.41) is 7.01. The summed E-state index contributed by atoms with van der Waals surface area (Å²) in [6.45, 7) is 4.05. The smallest absolute Gasteiger partial charge is 0.316 e. The van der Waals surface area contributed by atoms with Crippen LogP contribution in [0.15, 0.2) is 59.8 Å². The Morgan fingerprint density at radius 1 is 1.10 bits per heavy atom. The van der Waals surface area contributed by atoms with Crippen LogP contribution < -0.4 is 10.6 Å². The van der Waals surface area contributed by atoms with Crippen LogP contribution in [0.4, 0.5) is 11.4 Å². The lowest BCUT2D eigenvalue weighted by Crippen LogP contribution is -2.39. The lowest BCUT2D eigenvalue weighted by atomic mass is 9.75. The molecule has 0 fully saturated rings. The number of Topliss-reactive ketones (excluding diaryl/α,β-unsaturated/α-hetero) is 1. The van der Waals surface area contributed by atoms with E-state index in [9.17, 15) is 9.59 Å². The molecule has 29 heavy (non-hydrogen) atoms. The monoisotopic (exact) mass is 390 g/mol. The van der Waals surface area contributed by atoms with Gasteiger partial charge in [-0.3, -0.25) is 9.59 Å². The number of anilines is 2. The minimum atomic E-state index is -0.777. The molecule has 150 valence electrons. The number of ether oxygens (including phenoxy) is 1. The Bertz CT molecular complexity index is 978. The van der Waals surface area contributed by atoms with Gasteiger partial charge in [0.15, 0.2) is 5.78 Å². The first-order chi connectivity index (χ1) is 14.0. The van der Waals surface area contributed by atoms with Gasteiger partial charge in [-0.25, -0.2) is 0 Å². The molecule has 2 aromatic rings. The van der Waals surface area contributed by atoms with Gasteiger partial charge >= 0.3 is 5.97 Å². The van der Waals surface area contributed by atoms with Gasteiger partial charge in [0, 0.05) is 11.3 Å². The molecular formula is C24H26N2O3. The molecule has 2 N–H and O–H groups in total. The molecule has 1 aliphatic heterocycles. The van der Waals surface area contributed by atoms with Crippen molar-refractivity contribution in [3.8, 4) is 0 Å². The number of carbonyl (C=O) groups is 2. The van der Waals surface area contributed by atoms with E-state index < -0.39 is 11.9 Å². The summed E-state index contributed by atoms with van der Waals surface area (Å²) in [4.78, 5) is 25.9. The van der Waals surface area contributed by atoms with Gasteiger partial charge in [-0.1, -0.05) is 50.2 Å². The van der Waals surface area contributed by atoms with Crippen molar-refractivity contribution in [3.63, 3.8) is 0 Å². The Labute approximate surface area is 171 Å². The SMILES string of the molecule is CCc1ccc([C@@H]2Nc3ccccc3NC3=C2C(=O)[C@@H](C(=O)OC)[C@H](C)C3)cc1. The normalized spacial score (nSPS) is 23.3. The lowest BCUT2D eigenvalue weighted by molar-refractivity contribution is -0.151. The third kappa shape index (κ3) is 3.41. The number of allylic oxidation sites excluding steroid dienone is 1. The van der Waals surface area contributed by atoms with E-state index in [2.05, 4.69) is 41.8 Å². The van der Waals surface area contributed by atoms with E-state index in [1.54, 1.807) is 0 Å². The zero-order chi connectivity index (χ0) is 20.5. The van der Waals surface area contributed by atoms with Gasteiger partial charge in [-0.05, 0) is 42.0 Å². The van der Waals surface area contributed by atoms with Gasteiger partial charge in [0.05, 0.1) is 24.5 Å². The fourth-order valence-corrected chi connectivity index (χ4v) is 4.33. The van der Waals surface area contributed by atoms with E-state index in [-0.39, 0.29) is 17.7 Å². The van der Waals surface area contributed by atoms with E-state index in [0.717, 1.165) is 29.1 Å². The number of hydrogen-bond donors (Lipinski definition) is 2. The van der Waals surface area contributed by atoms with Gasteiger partial charge in [0.2, 0.25) is 0 Å². The number of methoxy groups -OCH3 is 1. The average molecular weight is 390 g/mol. The molecule has 0 spiro atoms. The van der Waals surface area contributed by atoms with Crippen molar-refractivity contribution in [2.75, 3.05) is 17.7 Å². The van der Waals surface area contributed by atoms with Gasteiger partial charge < -0.3 is 15.4 Å². The van der Waals surface area contributed by atoms with Crippen molar-refractivity contribution in [3.05, 3.63) is 70.9 Å². The van der Waals surface area contributed by atoms with Crippen LogP contribution in [0.5, 0.6) is 0 Å². The highest BCUT2D eigenvalue weighted by molar-refractivity contribution is 6.11. The van der Waals surface area contributed by atoms with Gasteiger partial charge in [-0.15, -0.1) is 0 Å². The third-order valence-corrected chi connectivity index (χ3v) is 5.95. The van der Waals surface area contributed by atoms with Crippen molar-refractivity contribution in [1.29, 1.82) is 0 Å². The molecular weight excluding hydrogens is 364 g/mol. The molecule has 1 aliphatic carbocycles. The topological polar surface area (TPSA) is 67.4 Å². The first-order valence-electron chi connectivity index (χ1n) is 10.1. The highest BCUT2D eigenvalue weighted by atomic mass is 16.5. The van der Waals surface area contributed by atoms with Crippen molar-refractivity contribution in [1.82, 2.24) is 0 Å². The second-order valence-corrected chi connectivity index (χ2v) is 7.78. The zero-order valence-corrected chi connectivity index (χ0v) is 17.0. The molecule has 5 heteroatoms. The highest BCUT2D eigenvalue weighted by Crippen LogP contribution is 2.43. The van der Waals surface area contributed by atoms with Crippen molar-refractivity contribution in [2.45, 2.75) is 32.7 Å². The van der Waals surface area contributed by atoms with Crippen LogP contribution >= 0.6 is 0 Å². The van der Waals surface area contributed by atoms with Crippen LogP contribution in [0.2, 0.25) is 0 Å². The summed E-state index contributed by atoms with van der Waals surface area (Å²) in [5.74, 6) is -1.53. The maximum Gasteiger partial charge on any atom is 0.316 e. The second-order valence-electron chi connectivity index (χ2n) is 7.78. The number of hydrogen-bond acceptors (Lipinski definition) is 5. The predicted molar refractivity (Wildman–Crippen MR) is 114 cm³/mol. The summed E-state index contributed by atoms with van der Waals surface area (Å²) in [6.07, 6.45) is 1.57. The number of carbonyl (C=O) groups excluding carboxylic acids is 2. The number of rotatable bonds is 3. The number of nitrogens with one attached hydrogen (secondary N) is 2. The Morgan fingerprint density at radius 2 is 1.79 bits per heavy atom. The van der Waals surface area contributed by atoms with Crippen LogP contribution in [0.3, 0.4) is 0 Å². The Kier molecular flexibility index (Phi) is 5.14. The minimum Gasteiger partial charge on any atom is -0.468 e. The molecule has 0 saturated carbocycles. The van der Waals surface area contributed by atoms with Crippen molar-refractivity contribution < 1.29 is 14.3 Å². The molecule has 2 aromatic carbocycles. The fraction of sp³-hybridized carbons (Fsp3) is 0.333. The highest BCUT2D eigenvalue weighted by Gasteiger charge is 2.44.